The summed E-state index contributed by atoms with van der Waals surface area (Å²) in [5.41, 5.74) is 9.86. The predicted molar refractivity (Wildman–Crippen MR) is 99.9 cm³/mol. The van der Waals surface area contributed by atoms with Crippen LogP contribution in [0.5, 0.6) is 0 Å². The summed E-state index contributed by atoms with van der Waals surface area (Å²) < 4.78 is 1.82. The zero-order chi connectivity index (χ0) is 18.0. The highest BCUT2D eigenvalue weighted by Crippen LogP contribution is 2.53. The van der Waals surface area contributed by atoms with E-state index in [2.05, 4.69) is 40.7 Å². The molecule has 6 nitrogen and oxygen atoms in total. The third kappa shape index (κ3) is 2.68. The van der Waals surface area contributed by atoms with Crippen LogP contribution < -0.4 is 10.6 Å². The first-order valence-electron chi connectivity index (χ1n) is 9.08. The van der Waals surface area contributed by atoms with Gasteiger partial charge in [0, 0.05) is 18.3 Å². The second-order valence-corrected chi connectivity index (χ2v) is 9.12. The summed E-state index contributed by atoms with van der Waals surface area (Å²) in [4.78, 5) is 11.4. The highest BCUT2D eigenvalue weighted by Gasteiger charge is 2.50. The third-order valence-corrected chi connectivity index (χ3v) is 5.74. The molecule has 4 rings (SSSR count). The number of fused-ring (bicyclic) bond motifs is 2. The van der Waals surface area contributed by atoms with Crippen LogP contribution in [0, 0.1) is 24.7 Å². The van der Waals surface area contributed by atoms with E-state index in [1.54, 1.807) is 6.33 Å². The summed E-state index contributed by atoms with van der Waals surface area (Å²) in [5, 5.41) is 4.54. The lowest BCUT2D eigenvalue weighted by Crippen LogP contribution is -2.35. The lowest BCUT2D eigenvalue weighted by Gasteiger charge is -2.39. The van der Waals surface area contributed by atoms with E-state index >= 15 is 0 Å². The van der Waals surface area contributed by atoms with E-state index in [0.717, 1.165) is 23.8 Å². The Morgan fingerprint density at radius 3 is 2.52 bits per heavy atom. The van der Waals surface area contributed by atoms with Gasteiger partial charge in [-0.25, -0.2) is 14.6 Å². The second-order valence-electron chi connectivity index (χ2n) is 9.12. The van der Waals surface area contributed by atoms with E-state index in [1.807, 2.05) is 24.6 Å². The maximum atomic E-state index is 6.54. The van der Waals surface area contributed by atoms with Gasteiger partial charge in [0.15, 0.2) is 11.6 Å². The number of nitrogen functional groups attached to an aromatic ring is 1. The SMILES string of the molecule is Cc1cc(C)n(-c2ncnc(N3CC4(C)CC3CC(C)(C)C4)c2N)n1. The van der Waals surface area contributed by atoms with Crippen LogP contribution in [0.3, 0.4) is 0 Å². The summed E-state index contributed by atoms with van der Waals surface area (Å²) in [6.07, 6.45) is 5.27. The van der Waals surface area contributed by atoms with Crippen LogP contribution in [0.1, 0.15) is 51.4 Å². The van der Waals surface area contributed by atoms with E-state index in [9.17, 15) is 0 Å². The predicted octanol–water partition coefficient (Wildman–Crippen LogP) is 3.27. The fraction of sp³-hybridized carbons (Fsp3) is 0.632. The topological polar surface area (TPSA) is 72.9 Å². The first kappa shape index (κ1) is 16.4. The number of hydrogen-bond donors (Lipinski definition) is 1. The van der Waals surface area contributed by atoms with Gasteiger partial charge in [0.25, 0.3) is 0 Å². The Kier molecular flexibility index (Phi) is 3.40. The van der Waals surface area contributed by atoms with E-state index in [-0.39, 0.29) is 0 Å². The molecule has 1 aliphatic carbocycles. The molecule has 2 aromatic rings. The molecular weight excluding hydrogens is 312 g/mol. The number of aromatic nitrogens is 4. The Balaban J connectivity index is 1.75. The monoisotopic (exact) mass is 340 g/mol. The molecule has 2 unspecified atom stereocenters. The van der Waals surface area contributed by atoms with E-state index < -0.39 is 0 Å². The first-order valence-corrected chi connectivity index (χ1v) is 9.08. The zero-order valence-electron chi connectivity index (χ0n) is 15.9. The lowest BCUT2D eigenvalue weighted by atomic mass is 9.65. The summed E-state index contributed by atoms with van der Waals surface area (Å²) in [6.45, 7) is 12.2. The lowest BCUT2D eigenvalue weighted by molar-refractivity contribution is 0.136. The summed E-state index contributed by atoms with van der Waals surface area (Å²) in [5.74, 6) is 1.55. The van der Waals surface area contributed by atoms with Gasteiger partial charge < -0.3 is 10.6 Å². The number of nitrogens with two attached hydrogens (primary N) is 1. The average molecular weight is 340 g/mol. The molecule has 0 spiro atoms. The van der Waals surface area contributed by atoms with Crippen molar-refractivity contribution in [3.63, 3.8) is 0 Å². The maximum Gasteiger partial charge on any atom is 0.182 e. The molecule has 2 fully saturated rings. The van der Waals surface area contributed by atoms with Crippen molar-refractivity contribution in [2.75, 3.05) is 17.2 Å². The number of nitrogens with zero attached hydrogens (tertiary/aromatic N) is 5. The Morgan fingerprint density at radius 1 is 1.12 bits per heavy atom. The van der Waals surface area contributed by atoms with Crippen LogP contribution in [-0.4, -0.2) is 32.3 Å². The highest BCUT2D eigenvalue weighted by atomic mass is 15.3. The Labute approximate surface area is 149 Å². The molecular formula is C19H28N6. The highest BCUT2D eigenvalue weighted by molar-refractivity contribution is 5.71. The van der Waals surface area contributed by atoms with Gasteiger partial charge in [-0.2, -0.15) is 5.10 Å². The van der Waals surface area contributed by atoms with Crippen LogP contribution in [0.25, 0.3) is 5.82 Å². The molecule has 1 saturated heterocycles. The molecule has 2 aromatic heterocycles. The van der Waals surface area contributed by atoms with Gasteiger partial charge in [-0.15, -0.1) is 0 Å². The van der Waals surface area contributed by atoms with Crippen molar-refractivity contribution in [1.82, 2.24) is 19.7 Å². The summed E-state index contributed by atoms with van der Waals surface area (Å²) in [7, 11) is 0. The molecule has 1 saturated carbocycles. The van der Waals surface area contributed by atoms with Crippen LogP contribution in [0.4, 0.5) is 11.5 Å². The number of aryl methyl sites for hydroxylation is 2. The standard InChI is InChI=1S/C19H28N6/c1-12-6-13(2)25(23-12)17-15(20)16(21-11-22-17)24-10-19(5)8-14(24)7-18(3,4)9-19/h6,11,14H,7-10,20H2,1-5H3. The molecule has 6 heteroatoms. The Bertz CT molecular complexity index is 823. The first-order chi connectivity index (χ1) is 11.7. The van der Waals surface area contributed by atoms with Crippen LogP contribution in [-0.2, 0) is 0 Å². The van der Waals surface area contributed by atoms with Crippen molar-refractivity contribution in [2.24, 2.45) is 10.8 Å². The largest absolute Gasteiger partial charge is 0.393 e. The van der Waals surface area contributed by atoms with E-state index in [0.29, 0.717) is 28.4 Å². The third-order valence-electron chi connectivity index (χ3n) is 5.74. The van der Waals surface area contributed by atoms with Gasteiger partial charge in [0.2, 0.25) is 0 Å². The molecule has 0 amide bonds. The Hall–Kier alpha value is -2.11. The number of hydrogen-bond acceptors (Lipinski definition) is 5. The van der Waals surface area contributed by atoms with Crippen LogP contribution in [0.15, 0.2) is 12.4 Å². The minimum absolute atomic E-state index is 0.335. The smallest absolute Gasteiger partial charge is 0.182 e. The van der Waals surface area contributed by atoms with Gasteiger partial charge in [-0.3, -0.25) is 0 Å². The van der Waals surface area contributed by atoms with Crippen molar-refractivity contribution >= 4 is 11.5 Å². The van der Waals surface area contributed by atoms with E-state index in [1.165, 1.54) is 19.3 Å². The molecule has 0 radical (unpaired) electrons. The molecule has 0 aromatic carbocycles. The van der Waals surface area contributed by atoms with Crippen LogP contribution >= 0.6 is 0 Å². The van der Waals surface area contributed by atoms with Gasteiger partial charge >= 0.3 is 0 Å². The summed E-state index contributed by atoms with van der Waals surface area (Å²) in [6, 6.07) is 2.53. The maximum absolute atomic E-state index is 6.54. The van der Waals surface area contributed by atoms with Crippen molar-refractivity contribution < 1.29 is 0 Å². The van der Waals surface area contributed by atoms with Crippen molar-refractivity contribution in [2.45, 2.75) is 59.9 Å². The molecule has 2 atom stereocenters. The van der Waals surface area contributed by atoms with Crippen LogP contribution in [0.2, 0.25) is 0 Å². The minimum atomic E-state index is 0.335. The number of rotatable bonds is 2. The fourth-order valence-electron chi connectivity index (χ4n) is 5.33. The molecule has 25 heavy (non-hydrogen) atoms. The quantitative estimate of drug-likeness (QED) is 0.908. The average Bonchev–Trinajstić information content (AvgIpc) is 2.94. The molecule has 134 valence electrons. The minimum Gasteiger partial charge on any atom is -0.393 e. The van der Waals surface area contributed by atoms with Crippen molar-refractivity contribution in [3.05, 3.63) is 23.8 Å². The van der Waals surface area contributed by atoms with Crippen molar-refractivity contribution in [3.8, 4) is 5.82 Å². The van der Waals surface area contributed by atoms with Gasteiger partial charge in [0.1, 0.15) is 12.0 Å². The zero-order valence-corrected chi connectivity index (χ0v) is 15.9. The van der Waals surface area contributed by atoms with E-state index in [4.69, 9.17) is 5.73 Å². The van der Waals surface area contributed by atoms with Gasteiger partial charge in [0.05, 0.1) is 5.69 Å². The molecule has 2 bridgehead atoms. The molecule has 2 aliphatic rings. The summed E-state index contributed by atoms with van der Waals surface area (Å²) >= 11 is 0. The Morgan fingerprint density at radius 2 is 1.84 bits per heavy atom. The molecule has 2 N–H and O–H groups in total. The molecule has 1 aliphatic heterocycles. The fourth-order valence-corrected chi connectivity index (χ4v) is 5.33. The molecule has 3 heterocycles. The normalized spacial score (nSPS) is 27.7. The second kappa shape index (κ2) is 5.19. The van der Waals surface area contributed by atoms with Crippen molar-refractivity contribution in [1.29, 1.82) is 0 Å². The van der Waals surface area contributed by atoms with Gasteiger partial charge in [-0.1, -0.05) is 20.8 Å². The number of anilines is 2. The van der Waals surface area contributed by atoms with Gasteiger partial charge in [-0.05, 0) is 50.0 Å².